The van der Waals surface area contributed by atoms with Gasteiger partial charge in [-0.15, -0.1) is 29.3 Å². The second-order valence-corrected chi connectivity index (χ2v) is 8.88. The van der Waals surface area contributed by atoms with Crippen molar-refractivity contribution in [2.45, 2.75) is 10.8 Å². The van der Waals surface area contributed by atoms with Gasteiger partial charge >= 0.3 is 0 Å². The lowest BCUT2D eigenvalue weighted by molar-refractivity contribution is 0.0764. The van der Waals surface area contributed by atoms with E-state index in [0.29, 0.717) is 23.0 Å². The summed E-state index contributed by atoms with van der Waals surface area (Å²) in [5.74, 6) is -0.282. The number of thiophene rings is 2. The highest BCUT2D eigenvalue weighted by molar-refractivity contribution is 7.91. The zero-order valence-electron chi connectivity index (χ0n) is 11.4. The highest BCUT2D eigenvalue weighted by Crippen LogP contribution is 2.25. The molecule has 5 nitrogen and oxygen atoms in total. The monoisotopic (exact) mass is 376 g/mol. The lowest BCUT2D eigenvalue weighted by Gasteiger charge is -2.19. The van der Waals surface area contributed by atoms with Crippen LogP contribution in [0.3, 0.4) is 0 Å². The highest BCUT2D eigenvalue weighted by Gasteiger charge is 2.20. The summed E-state index contributed by atoms with van der Waals surface area (Å²) in [6, 6.07) is 4.90. The molecule has 0 saturated carbocycles. The number of primary sulfonamides is 1. The third-order valence-corrected chi connectivity index (χ3v) is 6.32. The number of halogens is 1. The molecule has 0 radical (unpaired) electrons. The van der Waals surface area contributed by atoms with Gasteiger partial charge in [0.1, 0.15) is 4.21 Å². The van der Waals surface area contributed by atoms with E-state index < -0.39 is 10.0 Å². The molecule has 0 fully saturated rings. The maximum absolute atomic E-state index is 12.5. The Morgan fingerprint density at radius 3 is 2.68 bits per heavy atom. The number of hydrogen-bond donors (Lipinski definition) is 1. The zero-order chi connectivity index (χ0) is 16.3. The van der Waals surface area contributed by atoms with Crippen LogP contribution in [0.1, 0.15) is 15.2 Å². The van der Waals surface area contributed by atoms with Gasteiger partial charge in [0.05, 0.1) is 16.4 Å². The van der Waals surface area contributed by atoms with Gasteiger partial charge in [0, 0.05) is 16.8 Å². The Hall–Kier alpha value is -1.19. The summed E-state index contributed by atoms with van der Waals surface area (Å²) < 4.78 is 23.2. The Kier molecular flexibility index (Phi) is 5.41. The van der Waals surface area contributed by atoms with Crippen molar-refractivity contribution in [1.82, 2.24) is 4.90 Å². The third kappa shape index (κ3) is 4.17. The van der Waals surface area contributed by atoms with Crippen molar-refractivity contribution in [3.8, 4) is 0 Å². The SMILES string of the molecule is C=CCN(Cc1ccc(Cl)s1)C(=O)c1csc(S(N)(=O)=O)c1. The summed E-state index contributed by atoms with van der Waals surface area (Å²) in [5.41, 5.74) is 0.290. The van der Waals surface area contributed by atoms with E-state index in [4.69, 9.17) is 16.7 Å². The first-order valence-corrected chi connectivity index (χ1v) is 9.69. The lowest BCUT2D eigenvalue weighted by Crippen LogP contribution is -2.30. The van der Waals surface area contributed by atoms with Crippen LogP contribution in [-0.4, -0.2) is 25.8 Å². The van der Waals surface area contributed by atoms with Crippen molar-refractivity contribution < 1.29 is 13.2 Å². The molecule has 2 N–H and O–H groups in total. The van der Waals surface area contributed by atoms with Crippen LogP contribution in [0.25, 0.3) is 0 Å². The first-order chi connectivity index (χ1) is 10.3. The smallest absolute Gasteiger partial charge is 0.255 e. The maximum atomic E-state index is 12.5. The fourth-order valence-electron chi connectivity index (χ4n) is 1.76. The minimum absolute atomic E-state index is 0.0337. The van der Waals surface area contributed by atoms with Crippen LogP contribution >= 0.6 is 34.3 Å². The average molecular weight is 377 g/mol. The van der Waals surface area contributed by atoms with Crippen LogP contribution in [0.4, 0.5) is 0 Å². The van der Waals surface area contributed by atoms with E-state index in [1.54, 1.807) is 17.0 Å². The van der Waals surface area contributed by atoms with Crippen molar-refractivity contribution >= 4 is 50.2 Å². The van der Waals surface area contributed by atoms with Crippen LogP contribution in [0.2, 0.25) is 4.34 Å². The Morgan fingerprint density at radius 2 is 2.18 bits per heavy atom. The van der Waals surface area contributed by atoms with Crippen LogP contribution in [0.5, 0.6) is 0 Å². The molecule has 0 spiro atoms. The number of carbonyl (C=O) groups is 1. The Labute approximate surface area is 141 Å². The average Bonchev–Trinajstić information content (AvgIpc) is 3.06. The zero-order valence-corrected chi connectivity index (χ0v) is 14.6. The van der Waals surface area contributed by atoms with E-state index in [-0.39, 0.29) is 10.1 Å². The summed E-state index contributed by atoms with van der Waals surface area (Å²) in [6.07, 6.45) is 1.61. The topological polar surface area (TPSA) is 80.5 Å². The number of amides is 1. The molecule has 1 amide bonds. The first-order valence-electron chi connectivity index (χ1n) is 6.07. The summed E-state index contributed by atoms with van der Waals surface area (Å²) >= 11 is 8.20. The van der Waals surface area contributed by atoms with Gasteiger partial charge in [-0.05, 0) is 18.2 Å². The second kappa shape index (κ2) is 6.93. The fraction of sp³-hybridized carbons (Fsp3) is 0.154. The van der Waals surface area contributed by atoms with Crippen molar-refractivity contribution in [2.24, 2.45) is 5.14 Å². The van der Waals surface area contributed by atoms with Gasteiger partial charge in [-0.3, -0.25) is 4.79 Å². The van der Waals surface area contributed by atoms with Crippen LogP contribution in [-0.2, 0) is 16.6 Å². The van der Waals surface area contributed by atoms with Gasteiger partial charge in [0.2, 0.25) is 10.0 Å². The van der Waals surface area contributed by atoms with E-state index >= 15 is 0 Å². The van der Waals surface area contributed by atoms with Crippen LogP contribution in [0, 0.1) is 0 Å². The molecule has 0 aromatic carbocycles. The summed E-state index contributed by atoms with van der Waals surface area (Å²) in [4.78, 5) is 15.0. The van der Waals surface area contributed by atoms with E-state index in [9.17, 15) is 13.2 Å². The number of nitrogens with zero attached hydrogens (tertiary/aromatic N) is 1. The molecule has 2 aromatic rings. The second-order valence-electron chi connectivity index (χ2n) is 4.38. The summed E-state index contributed by atoms with van der Waals surface area (Å²) in [6.45, 7) is 4.36. The molecular formula is C13H13ClN2O3S3. The normalized spacial score (nSPS) is 11.4. The lowest BCUT2D eigenvalue weighted by atomic mass is 10.2. The van der Waals surface area contributed by atoms with Gasteiger partial charge in [-0.1, -0.05) is 17.7 Å². The molecule has 0 saturated heterocycles. The van der Waals surface area contributed by atoms with Crippen molar-refractivity contribution in [3.63, 3.8) is 0 Å². The Bertz CT molecular complexity index is 795. The number of sulfonamides is 1. The minimum atomic E-state index is -3.80. The van der Waals surface area contributed by atoms with Crippen molar-refractivity contribution in [3.05, 3.63) is 51.0 Å². The predicted octanol–water partition coefficient (Wildman–Crippen LogP) is 2.94. The number of nitrogens with two attached hydrogens (primary N) is 1. The maximum Gasteiger partial charge on any atom is 0.255 e. The van der Waals surface area contributed by atoms with Crippen molar-refractivity contribution in [1.29, 1.82) is 0 Å². The van der Waals surface area contributed by atoms with Crippen molar-refractivity contribution in [2.75, 3.05) is 6.54 Å². The molecular weight excluding hydrogens is 364 g/mol. The van der Waals surface area contributed by atoms with Gasteiger partial charge < -0.3 is 4.90 Å². The molecule has 22 heavy (non-hydrogen) atoms. The molecule has 2 heterocycles. The standard InChI is InChI=1S/C13H13ClN2O3S3/c1-2-5-16(7-10-3-4-11(14)21-10)13(17)9-6-12(20-8-9)22(15,18)19/h2-4,6,8H,1,5,7H2,(H2,15,18,19). The van der Waals surface area contributed by atoms with Crippen LogP contribution < -0.4 is 5.14 Å². The van der Waals surface area contributed by atoms with E-state index in [2.05, 4.69) is 6.58 Å². The van der Waals surface area contributed by atoms with Gasteiger partial charge in [0.15, 0.2) is 0 Å². The van der Waals surface area contributed by atoms with Gasteiger partial charge in [-0.2, -0.15) is 0 Å². The predicted molar refractivity (Wildman–Crippen MR) is 90.0 cm³/mol. The molecule has 0 bridgehead atoms. The first kappa shape index (κ1) is 17.2. The fourth-order valence-corrected chi connectivity index (χ4v) is 4.44. The Balaban J connectivity index is 2.22. The van der Waals surface area contributed by atoms with Gasteiger partial charge in [0.25, 0.3) is 5.91 Å². The largest absolute Gasteiger partial charge is 0.330 e. The quantitative estimate of drug-likeness (QED) is 0.787. The van der Waals surface area contributed by atoms with E-state index in [1.165, 1.54) is 22.8 Å². The molecule has 118 valence electrons. The molecule has 0 aliphatic carbocycles. The molecule has 0 atom stereocenters. The minimum Gasteiger partial charge on any atom is -0.330 e. The molecule has 2 rings (SSSR count). The van der Waals surface area contributed by atoms with E-state index in [1.807, 2.05) is 6.07 Å². The number of carbonyl (C=O) groups excluding carboxylic acids is 1. The molecule has 0 aliphatic rings. The summed E-state index contributed by atoms with van der Waals surface area (Å²) in [5, 5.41) is 6.55. The highest BCUT2D eigenvalue weighted by atomic mass is 35.5. The number of rotatable bonds is 6. The summed E-state index contributed by atoms with van der Waals surface area (Å²) in [7, 11) is -3.80. The molecule has 0 aliphatic heterocycles. The number of hydrogen-bond acceptors (Lipinski definition) is 5. The molecule has 9 heteroatoms. The van der Waals surface area contributed by atoms with Crippen LogP contribution in [0.15, 0.2) is 40.4 Å². The Morgan fingerprint density at radius 1 is 1.45 bits per heavy atom. The third-order valence-electron chi connectivity index (χ3n) is 2.72. The van der Waals surface area contributed by atoms with Gasteiger partial charge in [-0.25, -0.2) is 13.6 Å². The molecule has 0 unspecified atom stereocenters. The van der Waals surface area contributed by atoms with E-state index in [0.717, 1.165) is 16.2 Å². The molecule has 2 aromatic heterocycles.